The molecule has 0 saturated carbocycles. The molecule has 0 unspecified atom stereocenters. The van der Waals surface area contributed by atoms with Gasteiger partial charge in [0.1, 0.15) is 0 Å². The molecule has 3 rings (SSSR count). The first kappa shape index (κ1) is 13.3. The molecule has 0 spiro atoms. The monoisotopic (exact) mass is 299 g/mol. The molecule has 104 valence electrons. The van der Waals surface area contributed by atoms with Gasteiger partial charge in [-0.3, -0.25) is 9.59 Å². The Kier molecular flexibility index (Phi) is 3.19. The van der Waals surface area contributed by atoms with Crippen molar-refractivity contribution >= 4 is 28.3 Å². The molecule has 1 amide bonds. The number of primary amides is 1. The molecule has 0 atom stereocenters. The van der Waals surface area contributed by atoms with E-state index in [1.54, 1.807) is 48.5 Å². The summed E-state index contributed by atoms with van der Waals surface area (Å²) in [4.78, 5) is 24.1. The molecule has 2 N–H and O–H groups in total. The van der Waals surface area contributed by atoms with Crippen molar-refractivity contribution in [2.45, 2.75) is 0 Å². The molecule has 2 aromatic carbocycles. The lowest BCUT2D eigenvalue weighted by atomic mass is 10.1. The molecule has 5 nitrogen and oxygen atoms in total. The predicted molar refractivity (Wildman–Crippen MR) is 80.9 cm³/mol. The van der Waals surface area contributed by atoms with Gasteiger partial charge in [0.25, 0.3) is 11.5 Å². The fourth-order valence-electron chi connectivity index (χ4n) is 2.13. The summed E-state index contributed by atoms with van der Waals surface area (Å²) in [6.45, 7) is 0. The Bertz CT molecular complexity index is 901. The Labute approximate surface area is 124 Å². The number of fused-ring (bicyclic) bond motifs is 1. The Morgan fingerprint density at radius 3 is 2.29 bits per heavy atom. The van der Waals surface area contributed by atoms with Crippen molar-refractivity contribution in [3.05, 3.63) is 69.6 Å². The largest absolute Gasteiger partial charge is 0.364 e. The molecule has 6 heteroatoms. The highest BCUT2D eigenvalue weighted by atomic mass is 35.5. The number of nitrogens with zero attached hydrogens (tertiary/aromatic N) is 2. The summed E-state index contributed by atoms with van der Waals surface area (Å²) < 4.78 is 1.15. The van der Waals surface area contributed by atoms with Crippen LogP contribution < -0.4 is 11.3 Å². The van der Waals surface area contributed by atoms with E-state index in [-0.39, 0.29) is 11.3 Å². The number of hydrogen-bond acceptors (Lipinski definition) is 3. The van der Waals surface area contributed by atoms with Crippen LogP contribution in [-0.4, -0.2) is 15.7 Å². The molecule has 0 fully saturated rings. The summed E-state index contributed by atoms with van der Waals surface area (Å²) in [5, 5.41) is 5.46. The van der Waals surface area contributed by atoms with Gasteiger partial charge in [-0.15, -0.1) is 0 Å². The van der Waals surface area contributed by atoms with E-state index < -0.39 is 5.91 Å². The lowest BCUT2D eigenvalue weighted by Crippen LogP contribution is -2.26. The fourth-order valence-corrected chi connectivity index (χ4v) is 2.25. The van der Waals surface area contributed by atoms with Gasteiger partial charge >= 0.3 is 0 Å². The molecule has 21 heavy (non-hydrogen) atoms. The lowest BCUT2D eigenvalue weighted by molar-refractivity contribution is 0.0995. The average Bonchev–Trinajstić information content (AvgIpc) is 2.49. The number of amides is 1. The zero-order valence-corrected chi connectivity index (χ0v) is 11.5. The van der Waals surface area contributed by atoms with E-state index in [2.05, 4.69) is 5.10 Å². The fraction of sp³-hybridized carbons (Fsp3) is 0. The van der Waals surface area contributed by atoms with Crippen molar-refractivity contribution in [1.82, 2.24) is 9.78 Å². The molecule has 1 heterocycles. The van der Waals surface area contributed by atoms with Crippen LogP contribution in [0.5, 0.6) is 0 Å². The Hall–Kier alpha value is -2.66. The van der Waals surface area contributed by atoms with Crippen LogP contribution >= 0.6 is 11.6 Å². The third-order valence-electron chi connectivity index (χ3n) is 3.11. The van der Waals surface area contributed by atoms with Gasteiger partial charge in [0.05, 0.1) is 11.1 Å². The molecule has 0 aliphatic rings. The number of hydrogen-bond donors (Lipinski definition) is 1. The topological polar surface area (TPSA) is 78.0 Å². The third kappa shape index (κ3) is 2.28. The zero-order valence-electron chi connectivity index (χ0n) is 10.8. The number of carbonyl (C=O) groups excluding carboxylic acids is 1. The van der Waals surface area contributed by atoms with Crippen LogP contribution in [-0.2, 0) is 0 Å². The minimum Gasteiger partial charge on any atom is -0.364 e. The van der Waals surface area contributed by atoms with Crippen molar-refractivity contribution in [1.29, 1.82) is 0 Å². The van der Waals surface area contributed by atoms with Crippen LogP contribution in [0.3, 0.4) is 0 Å². The highest BCUT2D eigenvalue weighted by Gasteiger charge is 2.14. The van der Waals surface area contributed by atoms with Crippen LogP contribution in [0.4, 0.5) is 0 Å². The van der Waals surface area contributed by atoms with Gasteiger partial charge < -0.3 is 5.73 Å². The van der Waals surface area contributed by atoms with Crippen LogP contribution in [0.1, 0.15) is 10.5 Å². The molecular formula is C15H10ClN3O2. The number of halogens is 1. The molecule has 0 aliphatic heterocycles. The van der Waals surface area contributed by atoms with Crippen molar-refractivity contribution in [3.63, 3.8) is 0 Å². The summed E-state index contributed by atoms with van der Waals surface area (Å²) in [6.07, 6.45) is 0. The quantitative estimate of drug-likeness (QED) is 0.787. The maximum atomic E-state index is 12.5. The van der Waals surface area contributed by atoms with Gasteiger partial charge in [-0.1, -0.05) is 29.8 Å². The van der Waals surface area contributed by atoms with Crippen molar-refractivity contribution in [3.8, 4) is 5.69 Å². The van der Waals surface area contributed by atoms with E-state index in [1.165, 1.54) is 0 Å². The molecule has 0 bridgehead atoms. The van der Waals surface area contributed by atoms with E-state index in [4.69, 9.17) is 17.3 Å². The van der Waals surface area contributed by atoms with E-state index in [1.807, 2.05) is 0 Å². The van der Waals surface area contributed by atoms with Crippen LogP contribution in [0.15, 0.2) is 53.3 Å². The number of carbonyl (C=O) groups is 1. The van der Waals surface area contributed by atoms with E-state index in [9.17, 15) is 9.59 Å². The van der Waals surface area contributed by atoms with Crippen LogP contribution in [0, 0.1) is 0 Å². The summed E-state index contributed by atoms with van der Waals surface area (Å²) in [6, 6.07) is 13.3. The number of rotatable bonds is 2. The van der Waals surface area contributed by atoms with Gasteiger partial charge in [-0.25, -0.2) is 0 Å². The number of nitrogens with two attached hydrogens (primary N) is 1. The standard InChI is InChI=1S/C15H10ClN3O2/c16-9-5-7-10(8-6-9)19-15(21)12-4-2-1-3-11(12)13(18-19)14(17)20/h1-8H,(H2,17,20). The molecule has 1 aromatic heterocycles. The Morgan fingerprint density at radius 1 is 1.05 bits per heavy atom. The predicted octanol–water partition coefficient (Wildman–Crippen LogP) is 2.14. The van der Waals surface area contributed by atoms with Gasteiger partial charge in [0, 0.05) is 10.4 Å². The van der Waals surface area contributed by atoms with E-state index in [0.29, 0.717) is 21.5 Å². The number of benzene rings is 2. The average molecular weight is 300 g/mol. The highest BCUT2D eigenvalue weighted by molar-refractivity contribution is 6.30. The SMILES string of the molecule is NC(=O)c1nn(-c2ccc(Cl)cc2)c(=O)c2ccccc12. The second-order valence-corrected chi connectivity index (χ2v) is 4.89. The first-order valence-corrected chi connectivity index (χ1v) is 6.53. The molecule has 3 aromatic rings. The van der Waals surface area contributed by atoms with Crippen molar-refractivity contribution in [2.75, 3.05) is 0 Å². The summed E-state index contributed by atoms with van der Waals surface area (Å²) >= 11 is 5.83. The number of aromatic nitrogens is 2. The Balaban J connectivity index is 2.39. The van der Waals surface area contributed by atoms with Crippen molar-refractivity contribution in [2.24, 2.45) is 5.73 Å². The maximum absolute atomic E-state index is 12.5. The van der Waals surface area contributed by atoms with Crippen molar-refractivity contribution < 1.29 is 4.79 Å². The third-order valence-corrected chi connectivity index (χ3v) is 3.36. The van der Waals surface area contributed by atoms with E-state index >= 15 is 0 Å². The maximum Gasteiger partial charge on any atom is 0.279 e. The second-order valence-electron chi connectivity index (χ2n) is 4.45. The summed E-state index contributed by atoms with van der Waals surface area (Å²) in [7, 11) is 0. The summed E-state index contributed by atoms with van der Waals surface area (Å²) in [5.41, 5.74) is 5.61. The smallest absolute Gasteiger partial charge is 0.279 e. The lowest BCUT2D eigenvalue weighted by Gasteiger charge is -2.09. The Morgan fingerprint density at radius 2 is 1.67 bits per heavy atom. The van der Waals surface area contributed by atoms with Crippen LogP contribution in [0.25, 0.3) is 16.5 Å². The van der Waals surface area contributed by atoms with E-state index in [0.717, 1.165) is 4.68 Å². The normalized spacial score (nSPS) is 10.7. The zero-order chi connectivity index (χ0) is 15.0. The first-order valence-electron chi connectivity index (χ1n) is 6.16. The molecule has 0 saturated heterocycles. The molecule has 0 radical (unpaired) electrons. The first-order chi connectivity index (χ1) is 10.1. The van der Waals surface area contributed by atoms with Crippen LogP contribution in [0.2, 0.25) is 5.02 Å². The minimum absolute atomic E-state index is 0.0557. The second kappa shape index (κ2) is 5.03. The van der Waals surface area contributed by atoms with Gasteiger partial charge in [0.15, 0.2) is 5.69 Å². The highest BCUT2D eigenvalue weighted by Crippen LogP contribution is 2.16. The molecule has 0 aliphatic carbocycles. The minimum atomic E-state index is -0.686. The van der Waals surface area contributed by atoms with Gasteiger partial charge in [-0.2, -0.15) is 9.78 Å². The summed E-state index contributed by atoms with van der Waals surface area (Å²) in [5.74, 6) is -0.686. The molecular weight excluding hydrogens is 290 g/mol. The van der Waals surface area contributed by atoms with Gasteiger partial charge in [-0.05, 0) is 30.3 Å². The van der Waals surface area contributed by atoms with Gasteiger partial charge in [0.2, 0.25) is 0 Å².